The van der Waals surface area contributed by atoms with Gasteiger partial charge in [-0.15, -0.1) is 0 Å². The molecule has 0 saturated carbocycles. The van der Waals surface area contributed by atoms with Crippen LogP contribution in [0.3, 0.4) is 0 Å². The molecule has 1 heterocycles. The number of allylic oxidation sites excluding steroid dienone is 2. The second-order valence-electron chi connectivity index (χ2n) is 3.78. The highest BCUT2D eigenvalue weighted by atomic mass is 35.5. The van der Waals surface area contributed by atoms with Gasteiger partial charge in [0.1, 0.15) is 17.2 Å². The van der Waals surface area contributed by atoms with E-state index in [1.807, 2.05) is 18.2 Å². The van der Waals surface area contributed by atoms with Gasteiger partial charge < -0.3 is 4.74 Å². The Morgan fingerprint density at radius 3 is 3.00 bits per heavy atom. The number of ether oxygens (including phenoxy) is 1. The van der Waals surface area contributed by atoms with Gasteiger partial charge in [-0.2, -0.15) is 0 Å². The highest BCUT2D eigenvalue weighted by Crippen LogP contribution is 2.30. The van der Waals surface area contributed by atoms with Crippen LogP contribution < -0.4 is 4.74 Å². The molecular weight excluding hydrogens is 222 g/mol. The van der Waals surface area contributed by atoms with Gasteiger partial charge in [0.15, 0.2) is 0 Å². The number of aliphatic imine (C=N–C) groups is 1. The molecule has 0 atom stereocenters. The van der Waals surface area contributed by atoms with Crippen molar-refractivity contribution in [3.63, 3.8) is 0 Å². The van der Waals surface area contributed by atoms with Crippen LogP contribution in [0, 0.1) is 0 Å². The number of hydrogen-bond acceptors (Lipinski definition) is 2. The van der Waals surface area contributed by atoms with E-state index in [0.29, 0.717) is 5.02 Å². The maximum Gasteiger partial charge on any atom is 0.148 e. The summed E-state index contributed by atoms with van der Waals surface area (Å²) in [6.07, 6.45) is 8.02. The summed E-state index contributed by atoms with van der Waals surface area (Å²) in [6, 6.07) is 5.56. The maximum absolute atomic E-state index is 5.94. The summed E-state index contributed by atoms with van der Waals surface area (Å²) in [5.74, 6) is 1.66. The van der Waals surface area contributed by atoms with Gasteiger partial charge in [-0.25, -0.2) is 0 Å². The van der Waals surface area contributed by atoms with Crippen LogP contribution in [-0.4, -0.2) is 6.21 Å². The zero-order valence-corrected chi connectivity index (χ0v) is 9.37. The van der Waals surface area contributed by atoms with Gasteiger partial charge in [0.25, 0.3) is 0 Å². The number of hydrogen-bond donors (Lipinski definition) is 0. The molecule has 0 N–H and O–H groups in total. The summed E-state index contributed by atoms with van der Waals surface area (Å²) in [5, 5.41) is 0.696. The molecule has 0 radical (unpaired) electrons. The van der Waals surface area contributed by atoms with Gasteiger partial charge in [-0.05, 0) is 37.1 Å². The zero-order chi connectivity index (χ0) is 11.0. The summed E-state index contributed by atoms with van der Waals surface area (Å²) in [6.45, 7) is 0. The van der Waals surface area contributed by atoms with Crippen molar-refractivity contribution in [2.45, 2.75) is 12.8 Å². The third-order valence-electron chi connectivity index (χ3n) is 2.62. The molecule has 80 valence electrons. The van der Waals surface area contributed by atoms with Crippen LogP contribution >= 0.6 is 11.6 Å². The molecule has 0 unspecified atom stereocenters. The SMILES string of the molecule is Clc1ccc2c(c1)C=NC1=CCCC=C1O2. The summed E-state index contributed by atoms with van der Waals surface area (Å²) < 4.78 is 5.83. The van der Waals surface area contributed by atoms with Crippen LogP contribution in [0.25, 0.3) is 0 Å². The second kappa shape index (κ2) is 3.80. The van der Waals surface area contributed by atoms with E-state index in [4.69, 9.17) is 16.3 Å². The minimum atomic E-state index is 0.696. The Bertz CT molecular complexity index is 529. The van der Waals surface area contributed by atoms with E-state index >= 15 is 0 Å². The number of nitrogens with zero attached hydrogens (tertiary/aromatic N) is 1. The fourth-order valence-electron chi connectivity index (χ4n) is 1.82. The highest BCUT2D eigenvalue weighted by Gasteiger charge is 2.15. The Labute approximate surface area is 98.9 Å². The lowest BCUT2D eigenvalue weighted by Crippen LogP contribution is -2.00. The van der Waals surface area contributed by atoms with Gasteiger partial charge in [-0.3, -0.25) is 4.99 Å². The molecular formula is C13H10ClNO. The van der Waals surface area contributed by atoms with E-state index in [1.165, 1.54) is 0 Å². The van der Waals surface area contributed by atoms with E-state index < -0.39 is 0 Å². The van der Waals surface area contributed by atoms with E-state index in [9.17, 15) is 0 Å². The molecule has 0 fully saturated rings. The molecule has 16 heavy (non-hydrogen) atoms. The Morgan fingerprint density at radius 2 is 2.06 bits per heavy atom. The monoisotopic (exact) mass is 231 g/mol. The summed E-state index contributed by atoms with van der Waals surface area (Å²) >= 11 is 5.94. The predicted octanol–water partition coefficient (Wildman–Crippen LogP) is 3.71. The second-order valence-corrected chi connectivity index (χ2v) is 4.21. The first-order valence-corrected chi connectivity index (χ1v) is 5.63. The molecule has 1 aromatic carbocycles. The Kier molecular flexibility index (Phi) is 2.29. The number of rotatable bonds is 0. The zero-order valence-electron chi connectivity index (χ0n) is 8.61. The summed E-state index contributed by atoms with van der Waals surface area (Å²) in [7, 11) is 0. The molecule has 0 saturated heterocycles. The maximum atomic E-state index is 5.94. The number of benzene rings is 1. The topological polar surface area (TPSA) is 21.6 Å². The largest absolute Gasteiger partial charge is 0.455 e. The molecule has 2 nitrogen and oxygen atoms in total. The van der Waals surface area contributed by atoms with Crippen molar-refractivity contribution in [2.24, 2.45) is 4.99 Å². The van der Waals surface area contributed by atoms with Crippen LogP contribution in [-0.2, 0) is 0 Å². The average Bonchev–Trinajstić information content (AvgIpc) is 2.48. The number of halogens is 1. The molecule has 0 amide bonds. The molecule has 1 aromatic rings. The summed E-state index contributed by atoms with van der Waals surface area (Å²) in [4.78, 5) is 4.41. The first kappa shape index (κ1) is 9.67. The lowest BCUT2D eigenvalue weighted by atomic mass is 10.1. The van der Waals surface area contributed by atoms with E-state index in [0.717, 1.165) is 35.6 Å². The molecule has 3 heteroatoms. The molecule has 0 aromatic heterocycles. The molecule has 1 aliphatic heterocycles. The first-order chi connectivity index (χ1) is 7.83. The van der Waals surface area contributed by atoms with Crippen LogP contribution in [0.15, 0.2) is 46.8 Å². The third-order valence-corrected chi connectivity index (χ3v) is 2.86. The van der Waals surface area contributed by atoms with E-state index in [1.54, 1.807) is 6.21 Å². The van der Waals surface area contributed by atoms with Crippen molar-refractivity contribution < 1.29 is 4.74 Å². The van der Waals surface area contributed by atoms with Crippen molar-refractivity contribution in [1.29, 1.82) is 0 Å². The Morgan fingerprint density at radius 1 is 1.19 bits per heavy atom. The van der Waals surface area contributed by atoms with Crippen LogP contribution in [0.5, 0.6) is 5.75 Å². The molecule has 2 aliphatic rings. The minimum absolute atomic E-state index is 0.696. The van der Waals surface area contributed by atoms with Crippen molar-refractivity contribution in [3.8, 4) is 5.75 Å². The lowest BCUT2D eigenvalue weighted by molar-refractivity contribution is 0.431. The van der Waals surface area contributed by atoms with Crippen molar-refractivity contribution in [3.05, 3.63) is 52.4 Å². The molecule has 0 spiro atoms. The van der Waals surface area contributed by atoms with Crippen LogP contribution in [0.4, 0.5) is 0 Å². The third kappa shape index (κ3) is 1.65. The normalized spacial score (nSPS) is 17.6. The Hall–Kier alpha value is -1.54. The fraction of sp³-hybridized carbons (Fsp3) is 0.154. The van der Waals surface area contributed by atoms with Crippen LogP contribution in [0.1, 0.15) is 18.4 Å². The van der Waals surface area contributed by atoms with Crippen molar-refractivity contribution in [2.75, 3.05) is 0 Å². The van der Waals surface area contributed by atoms with Gasteiger partial charge in [0.2, 0.25) is 0 Å². The molecule has 0 bridgehead atoms. The lowest BCUT2D eigenvalue weighted by Gasteiger charge is -2.12. The van der Waals surface area contributed by atoms with E-state index in [2.05, 4.69) is 17.1 Å². The van der Waals surface area contributed by atoms with Crippen molar-refractivity contribution >= 4 is 17.8 Å². The molecule has 1 aliphatic carbocycles. The minimum Gasteiger partial charge on any atom is -0.455 e. The van der Waals surface area contributed by atoms with Gasteiger partial charge in [0.05, 0.1) is 0 Å². The van der Waals surface area contributed by atoms with Crippen LogP contribution in [0.2, 0.25) is 5.02 Å². The quantitative estimate of drug-likeness (QED) is 0.667. The Balaban J connectivity index is 2.10. The fourth-order valence-corrected chi connectivity index (χ4v) is 2.00. The smallest absolute Gasteiger partial charge is 0.148 e. The average molecular weight is 232 g/mol. The van der Waals surface area contributed by atoms with Gasteiger partial charge >= 0.3 is 0 Å². The number of fused-ring (bicyclic) bond motifs is 2. The standard InChI is InChI=1S/C13H10ClNO/c14-10-5-6-12-9(7-10)8-15-11-3-1-2-4-13(11)16-12/h3-8H,1-2H2. The predicted molar refractivity (Wildman–Crippen MR) is 65.1 cm³/mol. The first-order valence-electron chi connectivity index (χ1n) is 5.25. The highest BCUT2D eigenvalue weighted by molar-refractivity contribution is 6.30. The van der Waals surface area contributed by atoms with E-state index in [-0.39, 0.29) is 0 Å². The van der Waals surface area contributed by atoms with Gasteiger partial charge in [-0.1, -0.05) is 17.7 Å². The molecule has 3 rings (SSSR count). The van der Waals surface area contributed by atoms with Crippen molar-refractivity contribution in [1.82, 2.24) is 0 Å². The van der Waals surface area contributed by atoms with Gasteiger partial charge in [0, 0.05) is 16.8 Å². The summed E-state index contributed by atoms with van der Waals surface area (Å²) in [5.41, 5.74) is 1.84.